The van der Waals surface area contributed by atoms with Crippen LogP contribution in [0.1, 0.15) is 24.1 Å². The highest BCUT2D eigenvalue weighted by Crippen LogP contribution is 2.16. The van der Waals surface area contributed by atoms with E-state index in [0.717, 1.165) is 5.56 Å². The maximum atomic E-state index is 12.2. The summed E-state index contributed by atoms with van der Waals surface area (Å²) >= 11 is 4.83. The molecule has 2 aromatic rings. The summed E-state index contributed by atoms with van der Waals surface area (Å²) in [6, 6.07) is 5.73. The van der Waals surface area contributed by atoms with Gasteiger partial charge in [0.15, 0.2) is 0 Å². The minimum atomic E-state index is -3.60. The van der Waals surface area contributed by atoms with Gasteiger partial charge in [-0.25, -0.2) is 13.1 Å². The van der Waals surface area contributed by atoms with Crippen molar-refractivity contribution in [1.29, 1.82) is 0 Å². The highest BCUT2D eigenvalue weighted by molar-refractivity contribution is 7.89. The molecule has 0 bridgehead atoms. The smallest absolute Gasteiger partial charge is 0.241 e. The number of nitrogens with two attached hydrogens (primary N) is 1. The van der Waals surface area contributed by atoms with E-state index in [1.54, 1.807) is 31.5 Å². The van der Waals surface area contributed by atoms with Crippen LogP contribution in [0, 0.1) is 0 Å². The summed E-state index contributed by atoms with van der Waals surface area (Å²) in [5.41, 5.74) is 6.86. The largest absolute Gasteiger partial charge is 0.389 e. The van der Waals surface area contributed by atoms with Crippen LogP contribution < -0.4 is 10.5 Å². The van der Waals surface area contributed by atoms with Crippen LogP contribution >= 0.6 is 12.2 Å². The lowest BCUT2D eigenvalue weighted by Gasteiger charge is -2.12. The van der Waals surface area contributed by atoms with Gasteiger partial charge in [0.05, 0.1) is 11.1 Å². The Kier molecular flexibility index (Phi) is 4.17. The number of sulfonamides is 1. The normalized spacial score (nSPS) is 13.1. The topological polar surface area (TPSA) is 101 Å². The monoisotopic (exact) mass is 310 g/mol. The zero-order chi connectivity index (χ0) is 14.8. The minimum Gasteiger partial charge on any atom is -0.389 e. The second kappa shape index (κ2) is 5.70. The molecule has 1 heterocycles. The van der Waals surface area contributed by atoms with E-state index in [9.17, 15) is 8.42 Å². The number of hydrogen-bond donors (Lipinski definition) is 3. The van der Waals surface area contributed by atoms with Crippen LogP contribution in [0.3, 0.4) is 0 Å². The van der Waals surface area contributed by atoms with Gasteiger partial charge in [0.2, 0.25) is 10.0 Å². The maximum Gasteiger partial charge on any atom is 0.241 e. The first-order valence-electron chi connectivity index (χ1n) is 5.81. The number of aromatic nitrogens is 2. The molecule has 0 aliphatic heterocycles. The molecule has 0 saturated carbocycles. The van der Waals surface area contributed by atoms with Gasteiger partial charge < -0.3 is 5.73 Å². The Hall–Kier alpha value is -1.77. The van der Waals surface area contributed by atoms with Crippen molar-refractivity contribution < 1.29 is 8.42 Å². The number of thiocarbonyl (C=S) groups is 1. The number of rotatable bonds is 5. The van der Waals surface area contributed by atoms with Gasteiger partial charge in [-0.2, -0.15) is 5.10 Å². The molecule has 106 valence electrons. The molecule has 4 N–H and O–H groups in total. The Morgan fingerprint density at radius 1 is 1.40 bits per heavy atom. The number of nitrogens with zero attached hydrogens (tertiary/aromatic N) is 1. The van der Waals surface area contributed by atoms with E-state index in [2.05, 4.69) is 14.9 Å². The molecule has 0 spiro atoms. The molecule has 0 amide bonds. The van der Waals surface area contributed by atoms with Crippen molar-refractivity contribution in [1.82, 2.24) is 14.9 Å². The lowest BCUT2D eigenvalue weighted by Crippen LogP contribution is -2.26. The van der Waals surface area contributed by atoms with Gasteiger partial charge in [0.25, 0.3) is 0 Å². The molecular weight excluding hydrogens is 296 g/mol. The third-order valence-electron chi connectivity index (χ3n) is 2.80. The molecule has 0 radical (unpaired) electrons. The third-order valence-corrected chi connectivity index (χ3v) is 4.59. The standard InChI is InChI=1S/C12H14N4O2S2/c1-8(10-6-14-15-7-10)16-20(17,18)11-4-2-9(3-5-11)12(13)19/h2-8,16H,1H3,(H2,13,19)(H,14,15). The van der Waals surface area contributed by atoms with Crippen LogP contribution in [0.2, 0.25) is 0 Å². The summed E-state index contributed by atoms with van der Waals surface area (Å²) in [6.07, 6.45) is 3.21. The van der Waals surface area contributed by atoms with Crippen LogP contribution in [0.25, 0.3) is 0 Å². The van der Waals surface area contributed by atoms with Crippen molar-refractivity contribution in [2.45, 2.75) is 17.9 Å². The Balaban J connectivity index is 2.20. The van der Waals surface area contributed by atoms with E-state index < -0.39 is 10.0 Å². The molecule has 6 nitrogen and oxygen atoms in total. The molecule has 1 aromatic carbocycles. The van der Waals surface area contributed by atoms with Crippen molar-refractivity contribution in [3.05, 3.63) is 47.8 Å². The minimum absolute atomic E-state index is 0.160. The lowest BCUT2D eigenvalue weighted by molar-refractivity contribution is 0.567. The van der Waals surface area contributed by atoms with Crippen LogP contribution in [-0.4, -0.2) is 23.6 Å². The summed E-state index contributed by atoms with van der Waals surface area (Å²) in [5.74, 6) is 0. The predicted molar refractivity (Wildman–Crippen MR) is 79.7 cm³/mol. The molecular formula is C12H14N4O2S2. The van der Waals surface area contributed by atoms with Gasteiger partial charge >= 0.3 is 0 Å². The van der Waals surface area contributed by atoms with Crippen LogP contribution in [-0.2, 0) is 10.0 Å². The Labute approximate surface area is 122 Å². The van der Waals surface area contributed by atoms with Crippen molar-refractivity contribution in [2.75, 3.05) is 0 Å². The first kappa shape index (κ1) is 14.6. The average molecular weight is 310 g/mol. The van der Waals surface area contributed by atoms with Crippen LogP contribution in [0.4, 0.5) is 0 Å². The van der Waals surface area contributed by atoms with Gasteiger partial charge in [0.1, 0.15) is 4.99 Å². The summed E-state index contributed by atoms with van der Waals surface area (Å²) in [7, 11) is -3.60. The fourth-order valence-corrected chi connectivity index (χ4v) is 3.03. The van der Waals surface area contributed by atoms with Gasteiger partial charge in [-0.1, -0.05) is 24.4 Å². The summed E-state index contributed by atoms with van der Waals surface area (Å²) < 4.78 is 27.0. The van der Waals surface area contributed by atoms with E-state index in [-0.39, 0.29) is 15.9 Å². The molecule has 0 fully saturated rings. The molecule has 1 unspecified atom stereocenters. The molecule has 0 aliphatic rings. The van der Waals surface area contributed by atoms with E-state index in [1.165, 1.54) is 12.1 Å². The van der Waals surface area contributed by atoms with Crippen molar-refractivity contribution in [3.63, 3.8) is 0 Å². The van der Waals surface area contributed by atoms with Gasteiger partial charge in [-0.05, 0) is 19.1 Å². The van der Waals surface area contributed by atoms with Gasteiger partial charge in [0, 0.05) is 23.4 Å². The van der Waals surface area contributed by atoms with Crippen molar-refractivity contribution >= 4 is 27.2 Å². The number of H-pyrrole nitrogens is 1. The molecule has 20 heavy (non-hydrogen) atoms. The first-order chi connectivity index (χ1) is 9.40. The van der Waals surface area contributed by atoms with E-state index in [4.69, 9.17) is 18.0 Å². The van der Waals surface area contributed by atoms with Gasteiger partial charge in [-0.15, -0.1) is 0 Å². The molecule has 0 saturated heterocycles. The van der Waals surface area contributed by atoms with E-state index in [1.807, 2.05) is 0 Å². The molecule has 8 heteroatoms. The van der Waals surface area contributed by atoms with Crippen LogP contribution in [0.15, 0.2) is 41.6 Å². The van der Waals surface area contributed by atoms with Gasteiger partial charge in [-0.3, -0.25) is 5.10 Å². The quantitative estimate of drug-likeness (QED) is 0.718. The van der Waals surface area contributed by atoms with E-state index in [0.29, 0.717) is 5.56 Å². The fraction of sp³-hybridized carbons (Fsp3) is 0.167. The number of nitrogens with one attached hydrogen (secondary N) is 2. The average Bonchev–Trinajstić information content (AvgIpc) is 2.92. The lowest BCUT2D eigenvalue weighted by atomic mass is 10.2. The Morgan fingerprint density at radius 2 is 2.05 bits per heavy atom. The number of benzene rings is 1. The Morgan fingerprint density at radius 3 is 2.55 bits per heavy atom. The summed E-state index contributed by atoms with van der Waals surface area (Å²) in [6.45, 7) is 1.74. The molecule has 0 aliphatic carbocycles. The van der Waals surface area contributed by atoms with Crippen molar-refractivity contribution in [3.8, 4) is 0 Å². The van der Waals surface area contributed by atoms with E-state index >= 15 is 0 Å². The highest BCUT2D eigenvalue weighted by Gasteiger charge is 2.18. The molecule has 1 aromatic heterocycles. The van der Waals surface area contributed by atoms with Crippen molar-refractivity contribution in [2.24, 2.45) is 5.73 Å². The number of aromatic amines is 1. The SMILES string of the molecule is CC(NS(=O)(=O)c1ccc(C(N)=S)cc1)c1cn[nH]c1. The summed E-state index contributed by atoms with van der Waals surface area (Å²) in [4.78, 5) is 0.390. The Bertz CT molecular complexity index is 694. The first-order valence-corrected chi connectivity index (χ1v) is 7.70. The fourth-order valence-electron chi connectivity index (χ4n) is 1.66. The zero-order valence-electron chi connectivity index (χ0n) is 10.7. The molecule has 1 atom stereocenters. The predicted octanol–water partition coefficient (Wildman–Crippen LogP) is 1.08. The second-order valence-corrected chi connectivity index (χ2v) is 6.42. The van der Waals surface area contributed by atoms with Crippen LogP contribution in [0.5, 0.6) is 0 Å². The highest BCUT2D eigenvalue weighted by atomic mass is 32.2. The zero-order valence-corrected chi connectivity index (χ0v) is 12.3. The molecule has 2 rings (SSSR count). The summed E-state index contributed by atoms with van der Waals surface area (Å²) in [5, 5.41) is 6.43. The number of hydrogen-bond acceptors (Lipinski definition) is 4. The second-order valence-electron chi connectivity index (χ2n) is 4.26. The maximum absolute atomic E-state index is 12.2. The third kappa shape index (κ3) is 3.21.